The summed E-state index contributed by atoms with van der Waals surface area (Å²) in [6.07, 6.45) is 7.63. The van der Waals surface area contributed by atoms with E-state index in [1.165, 1.54) is 32.1 Å². The van der Waals surface area contributed by atoms with Gasteiger partial charge >= 0.3 is 0 Å². The zero-order valence-electron chi connectivity index (χ0n) is 12.8. The molecule has 1 radical (unpaired) electrons. The van der Waals surface area contributed by atoms with Crippen molar-refractivity contribution in [2.75, 3.05) is 6.61 Å². The molecule has 0 N–H and O–H groups in total. The normalized spacial score (nSPS) is 13.8. The largest absolute Gasteiger partial charge is 0.423 e. The lowest BCUT2D eigenvalue weighted by atomic mass is 9.82. The maximum atomic E-state index is 5.96. The number of rotatable bonds is 9. The van der Waals surface area contributed by atoms with E-state index in [4.69, 9.17) is 4.43 Å². The van der Waals surface area contributed by atoms with Gasteiger partial charge in [-0.25, -0.2) is 0 Å². The van der Waals surface area contributed by atoms with Gasteiger partial charge in [0.15, 0.2) is 9.76 Å². The molecule has 0 atom stereocenters. The molecule has 0 aromatic carbocycles. The maximum Gasteiger partial charge on any atom is 0.167 e. The zero-order chi connectivity index (χ0) is 13.4. The smallest absolute Gasteiger partial charge is 0.167 e. The molecule has 0 aromatic rings. The highest BCUT2D eigenvalue weighted by molar-refractivity contribution is 6.32. The molecule has 0 rings (SSSR count). The summed E-state index contributed by atoms with van der Waals surface area (Å²) in [4.78, 5) is 0. The summed E-state index contributed by atoms with van der Waals surface area (Å²) in [5.74, 6) is 0. The summed E-state index contributed by atoms with van der Waals surface area (Å²) in [5.41, 5.74) is 0.368. The molecule has 0 bridgehead atoms. The van der Waals surface area contributed by atoms with Crippen molar-refractivity contribution in [1.82, 2.24) is 0 Å². The molecule has 17 heavy (non-hydrogen) atoms. The van der Waals surface area contributed by atoms with Gasteiger partial charge in [0, 0.05) is 6.61 Å². The summed E-state index contributed by atoms with van der Waals surface area (Å²) >= 11 is 0. The molecule has 0 aliphatic heterocycles. The van der Waals surface area contributed by atoms with Crippen LogP contribution < -0.4 is 0 Å². The van der Waals surface area contributed by atoms with Crippen molar-refractivity contribution < 1.29 is 4.43 Å². The topological polar surface area (TPSA) is 9.23 Å². The SMILES string of the molecule is [CH2]CCCCCCCO[SiH2]C(C)(C)C(C)(C)C. The van der Waals surface area contributed by atoms with Gasteiger partial charge in [0.25, 0.3) is 0 Å². The van der Waals surface area contributed by atoms with Crippen LogP contribution in [0.2, 0.25) is 5.04 Å². The summed E-state index contributed by atoms with van der Waals surface area (Å²) < 4.78 is 5.96. The van der Waals surface area contributed by atoms with Crippen LogP contribution in [0, 0.1) is 12.3 Å². The Hall–Kier alpha value is 0.177. The van der Waals surface area contributed by atoms with E-state index in [-0.39, 0.29) is 0 Å². The molecule has 0 saturated carbocycles. The predicted molar refractivity (Wildman–Crippen MR) is 81.1 cm³/mol. The van der Waals surface area contributed by atoms with Gasteiger partial charge in [-0.05, 0) is 16.9 Å². The Balaban J connectivity index is 3.46. The summed E-state index contributed by atoms with van der Waals surface area (Å²) in [7, 11) is -0.419. The van der Waals surface area contributed by atoms with Crippen LogP contribution in [0.4, 0.5) is 0 Å². The maximum absolute atomic E-state index is 5.96. The van der Waals surface area contributed by atoms with Gasteiger partial charge in [-0.15, -0.1) is 0 Å². The van der Waals surface area contributed by atoms with Crippen molar-refractivity contribution in [1.29, 1.82) is 0 Å². The van der Waals surface area contributed by atoms with E-state index < -0.39 is 9.76 Å². The second kappa shape index (κ2) is 8.31. The Morgan fingerprint density at radius 1 is 0.882 bits per heavy atom. The fraction of sp³-hybridized carbons (Fsp3) is 0.933. The van der Waals surface area contributed by atoms with Gasteiger partial charge in [-0.2, -0.15) is 0 Å². The molecule has 0 saturated heterocycles. The summed E-state index contributed by atoms with van der Waals surface area (Å²) in [6, 6.07) is 0. The van der Waals surface area contributed by atoms with Crippen LogP contribution >= 0.6 is 0 Å². The monoisotopic (exact) mass is 257 g/mol. The first-order chi connectivity index (χ1) is 7.81. The molecule has 0 aliphatic rings. The Morgan fingerprint density at radius 2 is 1.41 bits per heavy atom. The Labute approximate surface area is 112 Å². The number of hydrogen-bond acceptors (Lipinski definition) is 1. The second-order valence-electron chi connectivity index (χ2n) is 6.81. The standard InChI is InChI=1S/C15H33OSi/c1-7-8-9-10-11-12-13-16-17-15(5,6)14(2,3)4/h1,7-13,17H2,2-6H3. The third-order valence-corrected chi connectivity index (χ3v) is 6.31. The quantitative estimate of drug-likeness (QED) is 0.436. The minimum atomic E-state index is -0.419. The van der Waals surface area contributed by atoms with Crippen molar-refractivity contribution in [2.45, 2.75) is 78.2 Å². The van der Waals surface area contributed by atoms with Gasteiger partial charge in [-0.3, -0.25) is 0 Å². The molecule has 103 valence electrons. The van der Waals surface area contributed by atoms with Gasteiger partial charge < -0.3 is 4.43 Å². The van der Waals surface area contributed by atoms with Gasteiger partial charge in [0.1, 0.15) is 0 Å². The van der Waals surface area contributed by atoms with Gasteiger partial charge in [0.05, 0.1) is 0 Å². The van der Waals surface area contributed by atoms with E-state index >= 15 is 0 Å². The minimum Gasteiger partial charge on any atom is -0.423 e. The molecule has 0 fully saturated rings. The average molecular weight is 258 g/mol. The summed E-state index contributed by atoms with van der Waals surface area (Å²) in [6.45, 7) is 16.5. The molecule has 2 heteroatoms. The van der Waals surface area contributed by atoms with Crippen LogP contribution in [0.15, 0.2) is 0 Å². The fourth-order valence-corrected chi connectivity index (χ4v) is 2.75. The van der Waals surface area contributed by atoms with Crippen LogP contribution in [-0.2, 0) is 4.43 Å². The van der Waals surface area contributed by atoms with Crippen LogP contribution in [0.1, 0.15) is 73.1 Å². The van der Waals surface area contributed by atoms with Crippen LogP contribution in [-0.4, -0.2) is 16.4 Å². The molecule has 0 unspecified atom stereocenters. The van der Waals surface area contributed by atoms with Crippen LogP contribution in [0.25, 0.3) is 0 Å². The lowest BCUT2D eigenvalue weighted by Gasteiger charge is -2.38. The molecule has 0 spiro atoms. The number of hydrogen-bond donors (Lipinski definition) is 0. The zero-order valence-corrected chi connectivity index (χ0v) is 14.2. The molecule has 0 amide bonds. The molecule has 0 aromatic heterocycles. The Bertz CT molecular complexity index is 182. The Morgan fingerprint density at radius 3 is 1.94 bits per heavy atom. The minimum absolute atomic E-state index is 0.368. The van der Waals surface area contributed by atoms with Crippen molar-refractivity contribution in [3.05, 3.63) is 6.92 Å². The third kappa shape index (κ3) is 7.99. The van der Waals surface area contributed by atoms with E-state index in [0.29, 0.717) is 10.5 Å². The van der Waals surface area contributed by atoms with Crippen molar-refractivity contribution in [3.63, 3.8) is 0 Å². The highest BCUT2D eigenvalue weighted by Crippen LogP contribution is 2.43. The van der Waals surface area contributed by atoms with Crippen LogP contribution in [0.3, 0.4) is 0 Å². The molecular weight excluding hydrogens is 224 g/mol. The van der Waals surface area contributed by atoms with Crippen LogP contribution in [0.5, 0.6) is 0 Å². The van der Waals surface area contributed by atoms with Crippen molar-refractivity contribution in [3.8, 4) is 0 Å². The number of unbranched alkanes of at least 4 members (excludes halogenated alkanes) is 5. The highest BCUT2D eigenvalue weighted by Gasteiger charge is 2.33. The van der Waals surface area contributed by atoms with Gasteiger partial charge in [-0.1, -0.05) is 73.6 Å². The molecule has 0 heterocycles. The predicted octanol–water partition coefficient (Wildman–Crippen LogP) is 4.51. The first-order valence-corrected chi connectivity index (χ1v) is 8.47. The highest BCUT2D eigenvalue weighted by atomic mass is 28.2. The van der Waals surface area contributed by atoms with E-state index in [1.54, 1.807) is 0 Å². The Kier molecular flexibility index (Phi) is 8.40. The van der Waals surface area contributed by atoms with E-state index in [0.717, 1.165) is 13.0 Å². The summed E-state index contributed by atoms with van der Waals surface area (Å²) in [5, 5.41) is 0.390. The first kappa shape index (κ1) is 17.2. The fourth-order valence-electron chi connectivity index (χ4n) is 1.46. The lowest BCUT2D eigenvalue weighted by Crippen LogP contribution is -2.30. The third-order valence-electron chi connectivity index (χ3n) is 4.03. The molecular formula is C15H33OSi. The van der Waals surface area contributed by atoms with Gasteiger partial charge in [0.2, 0.25) is 0 Å². The first-order valence-electron chi connectivity index (χ1n) is 7.18. The van der Waals surface area contributed by atoms with E-state index in [9.17, 15) is 0 Å². The molecule has 0 aliphatic carbocycles. The second-order valence-corrected chi connectivity index (χ2v) is 9.27. The molecule has 1 nitrogen and oxygen atoms in total. The lowest BCUT2D eigenvalue weighted by molar-refractivity contribution is 0.241. The van der Waals surface area contributed by atoms with Crippen molar-refractivity contribution in [2.24, 2.45) is 5.41 Å². The van der Waals surface area contributed by atoms with E-state index in [1.807, 2.05) is 0 Å². The average Bonchev–Trinajstić information content (AvgIpc) is 2.20. The van der Waals surface area contributed by atoms with Crippen molar-refractivity contribution >= 4 is 9.76 Å². The van der Waals surface area contributed by atoms with E-state index in [2.05, 4.69) is 41.5 Å².